The van der Waals surface area contributed by atoms with Gasteiger partial charge in [-0.1, -0.05) is 72.6 Å². The van der Waals surface area contributed by atoms with Crippen molar-refractivity contribution in [2.45, 2.75) is 39.0 Å². The average Bonchev–Trinajstić information content (AvgIpc) is 2.83. The van der Waals surface area contributed by atoms with Crippen molar-refractivity contribution in [1.29, 1.82) is 0 Å². The number of rotatable bonds is 8. The average molecular weight is 449 g/mol. The van der Waals surface area contributed by atoms with Crippen molar-refractivity contribution in [3.05, 3.63) is 100 Å². The number of benzene rings is 3. The summed E-state index contributed by atoms with van der Waals surface area (Å²) in [7, 11) is 0. The van der Waals surface area contributed by atoms with Crippen LogP contribution in [0.15, 0.2) is 72.8 Å². The number of carbonyl (C=O) groups is 1. The van der Waals surface area contributed by atoms with Gasteiger partial charge in [0.1, 0.15) is 12.4 Å². The van der Waals surface area contributed by atoms with Gasteiger partial charge in [-0.05, 0) is 60.8 Å². The number of piperidine rings is 1. The monoisotopic (exact) mass is 448 g/mol. The summed E-state index contributed by atoms with van der Waals surface area (Å²) in [4.78, 5) is 15.4. The molecule has 3 aromatic rings. The van der Waals surface area contributed by atoms with Crippen LogP contribution < -0.4 is 10.1 Å². The molecule has 0 atom stereocenters. The molecule has 1 N–H and O–H groups in total. The quantitative estimate of drug-likeness (QED) is 0.471. The summed E-state index contributed by atoms with van der Waals surface area (Å²) >= 11 is 6.17. The Kier molecular flexibility index (Phi) is 7.81. The fourth-order valence-electron chi connectivity index (χ4n) is 4.03. The topological polar surface area (TPSA) is 41.6 Å². The Morgan fingerprint density at radius 3 is 2.44 bits per heavy atom. The fraction of sp³-hybridized carbons (Fsp3) is 0.296. The van der Waals surface area contributed by atoms with Crippen molar-refractivity contribution in [3.63, 3.8) is 0 Å². The molecule has 0 aromatic heterocycles. The zero-order valence-electron chi connectivity index (χ0n) is 18.2. The maximum absolute atomic E-state index is 12.9. The van der Waals surface area contributed by atoms with Crippen LogP contribution in [0.3, 0.4) is 0 Å². The lowest BCUT2D eigenvalue weighted by atomic mass is 10.1. The first kappa shape index (κ1) is 22.4. The molecule has 0 bridgehead atoms. The number of hydrogen-bond acceptors (Lipinski definition) is 3. The largest absolute Gasteiger partial charge is 0.488 e. The number of amides is 1. The molecule has 166 valence electrons. The van der Waals surface area contributed by atoms with Gasteiger partial charge in [0.05, 0.1) is 5.56 Å². The Balaban J connectivity index is 1.38. The molecule has 1 heterocycles. The van der Waals surface area contributed by atoms with Crippen LogP contribution in [-0.4, -0.2) is 23.9 Å². The van der Waals surface area contributed by atoms with E-state index in [4.69, 9.17) is 16.3 Å². The standard InChI is InChI=1S/C27H29ClN2O2/c28-24-12-13-26(32-20-21-8-3-1-4-9-21)25(17-24)27(31)29-18-22-10-7-11-23(16-22)19-30-14-5-2-6-15-30/h1,3-4,7-13,16-17H,2,5-6,14-15,18-20H2,(H,29,31). The fourth-order valence-corrected chi connectivity index (χ4v) is 4.20. The van der Waals surface area contributed by atoms with E-state index < -0.39 is 0 Å². The first-order valence-electron chi connectivity index (χ1n) is 11.2. The molecule has 1 saturated heterocycles. The Hall–Kier alpha value is -2.82. The second kappa shape index (κ2) is 11.2. The molecule has 0 radical (unpaired) electrons. The summed E-state index contributed by atoms with van der Waals surface area (Å²) in [5, 5.41) is 3.53. The molecule has 0 spiro atoms. The van der Waals surface area contributed by atoms with Crippen molar-refractivity contribution in [1.82, 2.24) is 10.2 Å². The van der Waals surface area contributed by atoms with E-state index in [-0.39, 0.29) is 5.91 Å². The van der Waals surface area contributed by atoms with Crippen LogP contribution in [0.5, 0.6) is 5.75 Å². The van der Waals surface area contributed by atoms with Gasteiger partial charge in [0.15, 0.2) is 0 Å². The van der Waals surface area contributed by atoms with Crippen LogP contribution in [0.4, 0.5) is 0 Å². The maximum Gasteiger partial charge on any atom is 0.255 e. The first-order chi connectivity index (χ1) is 15.7. The van der Waals surface area contributed by atoms with Crippen LogP contribution in [0.25, 0.3) is 0 Å². The van der Waals surface area contributed by atoms with Gasteiger partial charge < -0.3 is 10.1 Å². The number of hydrogen-bond donors (Lipinski definition) is 1. The van der Waals surface area contributed by atoms with E-state index in [2.05, 4.69) is 28.4 Å². The summed E-state index contributed by atoms with van der Waals surface area (Å²) in [6.07, 6.45) is 3.90. The van der Waals surface area contributed by atoms with Crippen LogP contribution >= 0.6 is 11.6 Å². The molecule has 1 fully saturated rings. The van der Waals surface area contributed by atoms with Crippen LogP contribution in [0.2, 0.25) is 5.02 Å². The lowest BCUT2D eigenvalue weighted by molar-refractivity contribution is 0.0946. The van der Waals surface area contributed by atoms with E-state index in [1.807, 2.05) is 36.4 Å². The van der Waals surface area contributed by atoms with Crippen molar-refractivity contribution in [2.24, 2.45) is 0 Å². The third-order valence-corrected chi connectivity index (χ3v) is 5.96. The molecule has 0 aliphatic carbocycles. The highest BCUT2D eigenvalue weighted by atomic mass is 35.5. The predicted octanol–water partition coefficient (Wildman–Crippen LogP) is 5.83. The lowest BCUT2D eigenvalue weighted by Gasteiger charge is -2.26. The van der Waals surface area contributed by atoms with Crippen molar-refractivity contribution >= 4 is 17.5 Å². The number of likely N-dealkylation sites (tertiary alicyclic amines) is 1. The highest BCUT2D eigenvalue weighted by molar-refractivity contribution is 6.31. The molecular formula is C27H29ClN2O2. The van der Waals surface area contributed by atoms with Gasteiger partial charge in [-0.25, -0.2) is 0 Å². The van der Waals surface area contributed by atoms with E-state index in [0.29, 0.717) is 29.5 Å². The van der Waals surface area contributed by atoms with Gasteiger partial charge in [-0.15, -0.1) is 0 Å². The predicted molar refractivity (Wildman–Crippen MR) is 129 cm³/mol. The minimum absolute atomic E-state index is 0.197. The zero-order chi connectivity index (χ0) is 22.2. The second-order valence-electron chi connectivity index (χ2n) is 8.25. The molecule has 0 unspecified atom stereocenters. The summed E-state index contributed by atoms with van der Waals surface area (Å²) in [6, 6.07) is 23.5. The number of nitrogens with zero attached hydrogens (tertiary/aromatic N) is 1. The van der Waals surface area contributed by atoms with E-state index in [1.165, 1.54) is 37.9 Å². The molecule has 1 aliphatic rings. The number of nitrogens with one attached hydrogen (secondary N) is 1. The third kappa shape index (κ3) is 6.35. The number of carbonyl (C=O) groups excluding carboxylic acids is 1. The molecule has 3 aromatic carbocycles. The lowest BCUT2D eigenvalue weighted by Crippen LogP contribution is -2.29. The Morgan fingerprint density at radius 2 is 1.62 bits per heavy atom. The van der Waals surface area contributed by atoms with Gasteiger partial charge in [-0.3, -0.25) is 9.69 Å². The molecule has 0 saturated carbocycles. The summed E-state index contributed by atoms with van der Waals surface area (Å²) in [6.45, 7) is 4.15. The van der Waals surface area contributed by atoms with Crippen molar-refractivity contribution in [3.8, 4) is 5.75 Å². The molecule has 4 rings (SSSR count). The van der Waals surface area contributed by atoms with Gasteiger partial charge in [0.25, 0.3) is 5.91 Å². The number of halogens is 1. The van der Waals surface area contributed by atoms with E-state index >= 15 is 0 Å². The van der Waals surface area contributed by atoms with Crippen molar-refractivity contribution < 1.29 is 9.53 Å². The maximum atomic E-state index is 12.9. The minimum Gasteiger partial charge on any atom is -0.488 e. The Labute approximate surface area is 195 Å². The molecule has 4 nitrogen and oxygen atoms in total. The molecular weight excluding hydrogens is 420 g/mol. The minimum atomic E-state index is -0.197. The molecule has 1 aliphatic heterocycles. The summed E-state index contributed by atoms with van der Waals surface area (Å²) < 4.78 is 5.93. The van der Waals surface area contributed by atoms with E-state index in [9.17, 15) is 4.79 Å². The van der Waals surface area contributed by atoms with E-state index in [0.717, 1.165) is 17.7 Å². The Morgan fingerprint density at radius 1 is 0.875 bits per heavy atom. The zero-order valence-corrected chi connectivity index (χ0v) is 19.0. The van der Waals surface area contributed by atoms with E-state index in [1.54, 1.807) is 18.2 Å². The molecule has 5 heteroatoms. The van der Waals surface area contributed by atoms with Crippen LogP contribution in [0, 0.1) is 0 Å². The van der Waals surface area contributed by atoms with Gasteiger partial charge >= 0.3 is 0 Å². The highest BCUT2D eigenvalue weighted by Gasteiger charge is 2.14. The van der Waals surface area contributed by atoms with Crippen molar-refractivity contribution in [2.75, 3.05) is 13.1 Å². The van der Waals surface area contributed by atoms with Gasteiger partial charge in [0.2, 0.25) is 0 Å². The highest BCUT2D eigenvalue weighted by Crippen LogP contribution is 2.24. The van der Waals surface area contributed by atoms with Crippen LogP contribution in [-0.2, 0) is 19.7 Å². The Bertz CT molecular complexity index is 1030. The summed E-state index contributed by atoms with van der Waals surface area (Å²) in [5.74, 6) is 0.326. The van der Waals surface area contributed by atoms with Crippen LogP contribution in [0.1, 0.15) is 46.3 Å². The first-order valence-corrected chi connectivity index (χ1v) is 11.6. The molecule has 32 heavy (non-hydrogen) atoms. The summed E-state index contributed by atoms with van der Waals surface area (Å²) in [5.41, 5.74) is 3.85. The normalized spacial score (nSPS) is 14.2. The SMILES string of the molecule is O=C(NCc1cccc(CN2CCCCC2)c1)c1cc(Cl)ccc1OCc1ccccc1. The smallest absolute Gasteiger partial charge is 0.255 e. The second-order valence-corrected chi connectivity index (χ2v) is 8.69. The third-order valence-electron chi connectivity index (χ3n) is 5.72. The molecule has 1 amide bonds. The number of ether oxygens (including phenoxy) is 1. The van der Waals surface area contributed by atoms with Gasteiger partial charge in [-0.2, -0.15) is 0 Å². The van der Waals surface area contributed by atoms with Gasteiger partial charge in [0, 0.05) is 18.1 Å².